The number of hydrogen-bond donors (Lipinski definition) is 0. The second kappa shape index (κ2) is 6.99. The van der Waals surface area contributed by atoms with E-state index in [1.54, 1.807) is 0 Å². The van der Waals surface area contributed by atoms with Gasteiger partial charge in [-0.05, 0) is 43.3 Å². The van der Waals surface area contributed by atoms with Crippen LogP contribution < -0.4 is 0 Å². The number of hydrogen-bond acceptors (Lipinski definition) is 5. The van der Waals surface area contributed by atoms with Crippen LogP contribution in [0, 0.1) is 0 Å². The Labute approximate surface area is 144 Å². The molecule has 0 unspecified atom stereocenters. The molecule has 1 aromatic heterocycles. The monoisotopic (exact) mass is 328 g/mol. The fourth-order valence-corrected chi connectivity index (χ4v) is 3.18. The van der Waals surface area contributed by atoms with Crippen LogP contribution in [-0.2, 0) is 5.54 Å². The van der Waals surface area contributed by atoms with Crippen molar-refractivity contribution in [3.05, 3.63) is 41.7 Å². The molecule has 1 aliphatic rings. The SMILES string of the molecule is CCC(C)(C)n1nnnc1[C@H](c1ccccc1)N1CCN(C)CC1. The molecule has 1 aromatic carbocycles. The molecule has 6 nitrogen and oxygen atoms in total. The highest BCUT2D eigenvalue weighted by molar-refractivity contribution is 5.25. The first kappa shape index (κ1) is 17.0. The van der Waals surface area contributed by atoms with E-state index < -0.39 is 0 Å². The molecule has 1 atom stereocenters. The third-order valence-electron chi connectivity index (χ3n) is 5.20. The van der Waals surface area contributed by atoms with Crippen LogP contribution in [0.5, 0.6) is 0 Å². The Morgan fingerprint density at radius 1 is 1.08 bits per heavy atom. The number of rotatable bonds is 5. The molecule has 6 heteroatoms. The molecule has 0 radical (unpaired) electrons. The zero-order chi connectivity index (χ0) is 17.2. The predicted octanol–water partition coefficient (Wildman–Crippen LogP) is 2.16. The van der Waals surface area contributed by atoms with Crippen LogP contribution in [0.2, 0.25) is 0 Å². The van der Waals surface area contributed by atoms with Gasteiger partial charge in [0.1, 0.15) is 0 Å². The van der Waals surface area contributed by atoms with Gasteiger partial charge in [-0.25, -0.2) is 4.68 Å². The van der Waals surface area contributed by atoms with Gasteiger partial charge in [0, 0.05) is 26.2 Å². The van der Waals surface area contributed by atoms with Gasteiger partial charge in [0.25, 0.3) is 0 Å². The smallest absolute Gasteiger partial charge is 0.173 e. The van der Waals surface area contributed by atoms with Crippen LogP contribution >= 0.6 is 0 Å². The molecule has 2 aromatic rings. The van der Waals surface area contributed by atoms with E-state index in [1.165, 1.54) is 5.56 Å². The molecular weight excluding hydrogens is 300 g/mol. The van der Waals surface area contributed by atoms with E-state index in [0.717, 1.165) is 38.4 Å². The standard InChI is InChI=1S/C18H28N6/c1-5-18(2,3)24-17(19-20-21-24)16(15-9-7-6-8-10-15)23-13-11-22(4)12-14-23/h6-10,16H,5,11-14H2,1-4H3/t16-/m0/s1. The molecule has 0 bridgehead atoms. The number of tetrazole rings is 1. The molecular formula is C18H28N6. The third kappa shape index (κ3) is 3.35. The quantitative estimate of drug-likeness (QED) is 0.842. The number of likely N-dealkylation sites (N-methyl/N-ethyl adjacent to an activating group) is 1. The van der Waals surface area contributed by atoms with Crippen LogP contribution in [0.15, 0.2) is 30.3 Å². The summed E-state index contributed by atoms with van der Waals surface area (Å²) in [7, 11) is 2.18. The van der Waals surface area contributed by atoms with E-state index in [-0.39, 0.29) is 11.6 Å². The lowest BCUT2D eigenvalue weighted by molar-refractivity contribution is 0.117. The van der Waals surface area contributed by atoms with Gasteiger partial charge in [-0.1, -0.05) is 37.3 Å². The highest BCUT2D eigenvalue weighted by atomic mass is 15.6. The molecule has 0 aliphatic carbocycles. The molecule has 1 saturated heterocycles. The van der Waals surface area contributed by atoms with E-state index in [1.807, 2.05) is 4.68 Å². The Hall–Kier alpha value is -1.79. The second-order valence-corrected chi connectivity index (χ2v) is 7.27. The summed E-state index contributed by atoms with van der Waals surface area (Å²) in [5.41, 5.74) is 1.16. The van der Waals surface area contributed by atoms with Gasteiger partial charge in [-0.2, -0.15) is 0 Å². The lowest BCUT2D eigenvalue weighted by Crippen LogP contribution is -2.47. The van der Waals surface area contributed by atoms with Gasteiger partial charge in [0.15, 0.2) is 5.82 Å². The number of benzene rings is 1. The molecule has 130 valence electrons. The van der Waals surface area contributed by atoms with Crippen molar-refractivity contribution in [2.24, 2.45) is 0 Å². The van der Waals surface area contributed by atoms with E-state index in [9.17, 15) is 0 Å². The van der Waals surface area contributed by atoms with E-state index in [0.29, 0.717) is 0 Å². The first-order chi connectivity index (χ1) is 11.5. The van der Waals surface area contributed by atoms with Gasteiger partial charge < -0.3 is 4.90 Å². The lowest BCUT2D eigenvalue weighted by Gasteiger charge is -2.38. The van der Waals surface area contributed by atoms with E-state index in [2.05, 4.69) is 83.5 Å². The van der Waals surface area contributed by atoms with Gasteiger partial charge in [-0.3, -0.25) is 4.90 Å². The predicted molar refractivity (Wildman–Crippen MR) is 94.8 cm³/mol. The topological polar surface area (TPSA) is 50.1 Å². The summed E-state index contributed by atoms with van der Waals surface area (Å²) in [6.07, 6.45) is 0.981. The molecule has 24 heavy (non-hydrogen) atoms. The average molecular weight is 328 g/mol. The summed E-state index contributed by atoms with van der Waals surface area (Å²) in [5.74, 6) is 0.942. The number of piperazine rings is 1. The fraction of sp³-hybridized carbons (Fsp3) is 0.611. The van der Waals surface area contributed by atoms with Crippen molar-refractivity contribution in [1.82, 2.24) is 30.0 Å². The van der Waals surface area contributed by atoms with Crippen molar-refractivity contribution < 1.29 is 0 Å². The van der Waals surface area contributed by atoms with Crippen LogP contribution in [0.1, 0.15) is 44.6 Å². The molecule has 1 aliphatic heterocycles. The first-order valence-corrected chi connectivity index (χ1v) is 8.79. The van der Waals surface area contributed by atoms with Crippen molar-refractivity contribution in [2.75, 3.05) is 33.2 Å². The van der Waals surface area contributed by atoms with Crippen molar-refractivity contribution >= 4 is 0 Å². The van der Waals surface area contributed by atoms with E-state index in [4.69, 9.17) is 0 Å². The van der Waals surface area contributed by atoms with Crippen molar-refractivity contribution in [2.45, 2.75) is 38.8 Å². The Balaban J connectivity index is 2.02. The van der Waals surface area contributed by atoms with Crippen molar-refractivity contribution in [3.63, 3.8) is 0 Å². The summed E-state index contributed by atoms with van der Waals surface area (Å²) in [6, 6.07) is 10.7. The average Bonchev–Trinajstić information content (AvgIpc) is 3.08. The summed E-state index contributed by atoms with van der Waals surface area (Å²) < 4.78 is 2.02. The minimum atomic E-state index is -0.0988. The Bertz CT molecular complexity index is 643. The Kier molecular flexibility index (Phi) is 4.96. The highest BCUT2D eigenvalue weighted by Gasteiger charge is 2.33. The molecule has 0 saturated carbocycles. The van der Waals surface area contributed by atoms with Crippen molar-refractivity contribution in [3.8, 4) is 0 Å². The summed E-state index contributed by atoms with van der Waals surface area (Å²) >= 11 is 0. The summed E-state index contributed by atoms with van der Waals surface area (Å²) in [4.78, 5) is 4.88. The van der Waals surface area contributed by atoms with Gasteiger partial charge in [0.05, 0.1) is 11.6 Å². The first-order valence-electron chi connectivity index (χ1n) is 8.79. The molecule has 0 N–H and O–H groups in total. The zero-order valence-electron chi connectivity index (χ0n) is 15.2. The number of aromatic nitrogens is 4. The third-order valence-corrected chi connectivity index (χ3v) is 5.20. The van der Waals surface area contributed by atoms with E-state index >= 15 is 0 Å². The van der Waals surface area contributed by atoms with Crippen LogP contribution in [0.25, 0.3) is 0 Å². The van der Waals surface area contributed by atoms with Crippen LogP contribution in [0.3, 0.4) is 0 Å². The maximum absolute atomic E-state index is 4.45. The minimum absolute atomic E-state index is 0.0979. The second-order valence-electron chi connectivity index (χ2n) is 7.27. The molecule has 0 spiro atoms. The normalized spacial score (nSPS) is 18.7. The Morgan fingerprint density at radius 2 is 1.75 bits per heavy atom. The van der Waals surface area contributed by atoms with Crippen molar-refractivity contribution in [1.29, 1.82) is 0 Å². The van der Waals surface area contributed by atoms with Gasteiger partial charge in [-0.15, -0.1) is 5.10 Å². The highest BCUT2D eigenvalue weighted by Crippen LogP contribution is 2.31. The van der Waals surface area contributed by atoms with Gasteiger partial charge in [0.2, 0.25) is 0 Å². The molecule has 2 heterocycles. The Morgan fingerprint density at radius 3 is 2.38 bits per heavy atom. The van der Waals surface area contributed by atoms with Crippen LogP contribution in [0.4, 0.5) is 0 Å². The molecule has 1 fully saturated rings. The maximum atomic E-state index is 4.45. The molecule has 0 amide bonds. The summed E-state index contributed by atoms with van der Waals surface area (Å²) in [6.45, 7) is 10.8. The largest absolute Gasteiger partial charge is 0.304 e. The van der Waals surface area contributed by atoms with Gasteiger partial charge >= 0.3 is 0 Å². The lowest BCUT2D eigenvalue weighted by atomic mass is 9.99. The number of nitrogens with zero attached hydrogens (tertiary/aromatic N) is 6. The fourth-order valence-electron chi connectivity index (χ4n) is 3.18. The van der Waals surface area contributed by atoms with Crippen LogP contribution in [-0.4, -0.2) is 63.2 Å². The minimum Gasteiger partial charge on any atom is -0.304 e. The summed E-state index contributed by atoms with van der Waals surface area (Å²) in [5, 5.41) is 12.8. The molecule has 3 rings (SSSR count). The maximum Gasteiger partial charge on any atom is 0.173 e. The zero-order valence-corrected chi connectivity index (χ0v) is 15.2.